The molecule has 1 unspecified atom stereocenters. The molecular formula is C47H53FN8O11. The molecule has 67 heavy (non-hydrogen) atoms. The van der Waals surface area contributed by atoms with E-state index in [4.69, 9.17) is 24.9 Å². The summed E-state index contributed by atoms with van der Waals surface area (Å²) < 4.78 is 33.4. The second-order valence-electron chi connectivity index (χ2n) is 18.0. The van der Waals surface area contributed by atoms with Crippen molar-refractivity contribution < 1.29 is 52.5 Å². The highest BCUT2D eigenvalue weighted by molar-refractivity contribution is 5.98. The van der Waals surface area contributed by atoms with Crippen molar-refractivity contribution in [1.82, 2.24) is 30.4 Å². The van der Waals surface area contributed by atoms with Gasteiger partial charge in [0.25, 0.3) is 11.5 Å². The predicted octanol–water partition coefficient (Wildman–Crippen LogP) is 2.53. The van der Waals surface area contributed by atoms with Crippen LogP contribution in [-0.2, 0) is 63.4 Å². The number of anilines is 1. The molecule has 1 aliphatic carbocycles. The van der Waals surface area contributed by atoms with Crippen LogP contribution >= 0.6 is 0 Å². The number of carbonyl (C=O) groups excluding carboxylic acids is 6. The van der Waals surface area contributed by atoms with Crippen LogP contribution < -0.4 is 32.6 Å². The molecule has 0 bridgehead atoms. The number of hydrogen-bond acceptors (Lipinski definition) is 13. The quantitative estimate of drug-likeness (QED) is 0.104. The number of amides is 5. The Morgan fingerprint density at radius 2 is 1.75 bits per heavy atom. The molecule has 2 aromatic heterocycles. The number of benzene rings is 2. The second-order valence-corrected chi connectivity index (χ2v) is 18.0. The van der Waals surface area contributed by atoms with Crippen molar-refractivity contribution in [2.45, 2.75) is 109 Å². The van der Waals surface area contributed by atoms with Crippen LogP contribution in [0.3, 0.4) is 0 Å². The fraction of sp³-hybridized carbons (Fsp3) is 0.447. The highest BCUT2D eigenvalue weighted by Crippen LogP contribution is 2.46. The maximum Gasteiger partial charge on any atom is 0.409 e. The van der Waals surface area contributed by atoms with Gasteiger partial charge >= 0.3 is 12.1 Å². The SMILES string of the molecule is CC[C@@]1(O)C(=O)OCc2c1cc1n(c2=O)Cc2c-1nc1cc(F)c(C)c3c1c2[C@@H](NC(=O)C(C)(C)NC(=O)OC(C(=O)N1CCOCC1)c1ccc(NC(=O)[C@H](C)NC(=O)[C@H](C)N)cc1)CC3. The molecule has 1 fully saturated rings. The Bertz CT molecular complexity index is 2800. The van der Waals surface area contributed by atoms with Crippen LogP contribution in [0.4, 0.5) is 14.9 Å². The van der Waals surface area contributed by atoms with Crippen LogP contribution in [0.1, 0.15) is 98.6 Å². The van der Waals surface area contributed by atoms with E-state index in [1.807, 2.05) is 0 Å². The number of esters is 1. The molecule has 8 rings (SSSR count). The minimum Gasteiger partial charge on any atom is -0.458 e. The van der Waals surface area contributed by atoms with Crippen LogP contribution in [0, 0.1) is 12.7 Å². The van der Waals surface area contributed by atoms with Gasteiger partial charge in [0.2, 0.25) is 23.8 Å². The molecule has 5 heterocycles. The smallest absolute Gasteiger partial charge is 0.409 e. The Labute approximate surface area is 383 Å². The molecule has 3 aliphatic heterocycles. The molecule has 354 valence electrons. The Morgan fingerprint density at radius 3 is 2.42 bits per heavy atom. The molecule has 0 saturated carbocycles. The van der Waals surface area contributed by atoms with E-state index in [2.05, 4.69) is 21.3 Å². The zero-order chi connectivity index (χ0) is 48.3. The Balaban J connectivity index is 1.05. The van der Waals surface area contributed by atoms with Crippen molar-refractivity contribution in [2.75, 3.05) is 31.6 Å². The van der Waals surface area contributed by atoms with Crippen LogP contribution in [0.15, 0.2) is 41.2 Å². The minimum atomic E-state index is -2.06. The van der Waals surface area contributed by atoms with E-state index in [-0.39, 0.29) is 62.6 Å². The van der Waals surface area contributed by atoms with Crippen LogP contribution in [0.5, 0.6) is 0 Å². The number of halogens is 1. The van der Waals surface area contributed by atoms with Crippen molar-refractivity contribution in [2.24, 2.45) is 5.73 Å². The van der Waals surface area contributed by atoms with Crippen molar-refractivity contribution in [1.29, 1.82) is 0 Å². The standard InChI is InChI=1S/C47H53FN8O11/c1-7-47(64)30-18-34-37-28(20-56(34)41(59)29(30)21-66-44(47)62)36-32(13-12-27-22(2)31(48)19-33(52-37)35(27)36)53-43(61)46(5,6)54-45(63)67-38(42(60)55-14-16-65-17-15-55)25-8-10-26(11-9-25)51-40(58)24(4)50-39(57)23(3)49/h8-11,18-19,23-24,32,38,64H,7,12-17,20-21,49H2,1-6H3,(H,50,57)(H,51,58)(H,53,61)(H,54,63)/t23-,24-,32-,38?,47-/m0/s1. The third kappa shape index (κ3) is 8.48. The number of fused-ring (bicyclic) bond motifs is 5. The topological polar surface area (TPSA) is 263 Å². The lowest BCUT2D eigenvalue weighted by Gasteiger charge is -2.33. The van der Waals surface area contributed by atoms with Crippen molar-refractivity contribution in [3.05, 3.63) is 91.5 Å². The molecule has 5 atom stereocenters. The van der Waals surface area contributed by atoms with E-state index >= 15 is 4.39 Å². The van der Waals surface area contributed by atoms with Gasteiger partial charge in [0.15, 0.2) is 5.60 Å². The molecule has 4 aliphatic rings. The summed E-state index contributed by atoms with van der Waals surface area (Å²) in [4.78, 5) is 100. The summed E-state index contributed by atoms with van der Waals surface area (Å²) in [6, 6.07) is 6.50. The van der Waals surface area contributed by atoms with Crippen molar-refractivity contribution >= 4 is 52.3 Å². The number of rotatable bonds is 11. The highest BCUT2D eigenvalue weighted by Gasteiger charge is 2.46. The maximum atomic E-state index is 15.5. The van der Waals surface area contributed by atoms with Crippen molar-refractivity contribution in [3.8, 4) is 11.4 Å². The van der Waals surface area contributed by atoms with E-state index in [0.717, 1.165) is 0 Å². The summed E-state index contributed by atoms with van der Waals surface area (Å²) in [5, 5.41) is 23.0. The van der Waals surface area contributed by atoms with Gasteiger partial charge in [0.05, 0.1) is 54.3 Å². The molecule has 19 nitrogen and oxygen atoms in total. The van der Waals surface area contributed by atoms with Gasteiger partial charge < -0.3 is 55.8 Å². The molecule has 0 radical (unpaired) electrons. The van der Waals surface area contributed by atoms with Gasteiger partial charge in [0.1, 0.15) is 24.0 Å². The monoisotopic (exact) mass is 924 g/mol. The number of morpholine rings is 1. The summed E-state index contributed by atoms with van der Waals surface area (Å²) >= 11 is 0. The molecular weight excluding hydrogens is 872 g/mol. The molecule has 5 amide bonds. The summed E-state index contributed by atoms with van der Waals surface area (Å²) in [6.07, 6.45) is -1.91. The number of ether oxygens (including phenoxy) is 3. The van der Waals surface area contributed by atoms with Gasteiger partial charge in [-0.3, -0.25) is 24.0 Å². The van der Waals surface area contributed by atoms with Gasteiger partial charge in [-0.2, -0.15) is 0 Å². The molecule has 0 spiro atoms. The number of nitrogens with two attached hydrogens (primary N) is 1. The Hall–Kier alpha value is -6.77. The summed E-state index contributed by atoms with van der Waals surface area (Å²) in [6.45, 7) is 9.95. The normalized spacial score (nSPS) is 19.7. The second kappa shape index (κ2) is 17.8. The zero-order valence-electron chi connectivity index (χ0n) is 38.0. The van der Waals surface area contributed by atoms with Crippen LogP contribution in [0.25, 0.3) is 22.3 Å². The first-order chi connectivity index (χ1) is 31.7. The maximum absolute atomic E-state index is 15.5. The first-order valence-electron chi connectivity index (χ1n) is 22.2. The fourth-order valence-corrected chi connectivity index (χ4v) is 9.10. The minimum absolute atomic E-state index is 0.0289. The van der Waals surface area contributed by atoms with E-state index in [0.29, 0.717) is 63.1 Å². The number of aliphatic hydroxyl groups is 1. The molecule has 2 aromatic carbocycles. The number of cyclic esters (lactones) is 1. The summed E-state index contributed by atoms with van der Waals surface area (Å²) in [5.41, 5.74) is 5.58. The molecule has 1 saturated heterocycles. The lowest BCUT2D eigenvalue weighted by atomic mass is 9.81. The van der Waals surface area contributed by atoms with Gasteiger partial charge in [0, 0.05) is 46.9 Å². The lowest BCUT2D eigenvalue weighted by molar-refractivity contribution is -0.172. The van der Waals surface area contributed by atoms with Gasteiger partial charge in [-0.1, -0.05) is 19.1 Å². The number of carbonyl (C=O) groups is 6. The lowest BCUT2D eigenvalue weighted by Crippen LogP contribution is -2.56. The van der Waals surface area contributed by atoms with Gasteiger partial charge in [-0.15, -0.1) is 0 Å². The summed E-state index contributed by atoms with van der Waals surface area (Å²) in [7, 11) is 0. The molecule has 7 N–H and O–H groups in total. The zero-order valence-corrected chi connectivity index (χ0v) is 38.0. The number of pyridine rings is 2. The predicted molar refractivity (Wildman–Crippen MR) is 239 cm³/mol. The van der Waals surface area contributed by atoms with Crippen LogP contribution in [-0.4, -0.2) is 99.2 Å². The average Bonchev–Trinajstić information content (AvgIpc) is 3.67. The van der Waals surface area contributed by atoms with Crippen LogP contribution in [0.2, 0.25) is 0 Å². The number of aromatic nitrogens is 2. The first-order valence-corrected chi connectivity index (χ1v) is 22.2. The van der Waals surface area contributed by atoms with E-state index in [1.165, 1.54) is 67.5 Å². The molecule has 20 heteroatoms. The van der Waals surface area contributed by atoms with E-state index in [1.54, 1.807) is 19.9 Å². The van der Waals surface area contributed by atoms with Crippen molar-refractivity contribution in [3.63, 3.8) is 0 Å². The third-order valence-corrected chi connectivity index (χ3v) is 13.1. The highest BCUT2D eigenvalue weighted by atomic mass is 19.1. The molecule has 4 aromatic rings. The first kappa shape index (κ1) is 46.7. The average molecular weight is 925 g/mol. The van der Waals surface area contributed by atoms with Gasteiger partial charge in [-0.05, 0) is 88.8 Å². The summed E-state index contributed by atoms with van der Waals surface area (Å²) in [5.74, 6) is -3.52. The largest absolute Gasteiger partial charge is 0.458 e. The number of nitrogens with one attached hydrogen (secondary N) is 4. The van der Waals surface area contributed by atoms with Gasteiger partial charge in [-0.25, -0.2) is 19.0 Å². The number of alkyl carbamates (subject to hydrolysis) is 1. The Kier molecular flexibility index (Phi) is 12.4. The number of nitrogens with zero attached hydrogens (tertiary/aromatic N) is 3. The number of hydrogen-bond donors (Lipinski definition) is 6. The van der Waals surface area contributed by atoms with E-state index < -0.39 is 82.4 Å². The fourth-order valence-electron chi connectivity index (χ4n) is 9.10. The number of aryl methyl sites for hydroxylation is 1. The Morgan fingerprint density at radius 1 is 1.04 bits per heavy atom. The van der Waals surface area contributed by atoms with E-state index in [9.17, 15) is 38.7 Å². The third-order valence-electron chi connectivity index (χ3n) is 13.1.